The number of hydrogen-bond acceptors (Lipinski definition) is 5. The van der Waals surface area contributed by atoms with Crippen molar-refractivity contribution in [1.82, 2.24) is 20.4 Å². The molecule has 7 heteroatoms. The van der Waals surface area contributed by atoms with Crippen LogP contribution in [0.15, 0.2) is 34.9 Å². The van der Waals surface area contributed by atoms with E-state index in [4.69, 9.17) is 4.52 Å². The van der Waals surface area contributed by atoms with Gasteiger partial charge in [0, 0.05) is 31.2 Å². The van der Waals surface area contributed by atoms with Gasteiger partial charge in [0.2, 0.25) is 0 Å². The number of piperazine rings is 1. The maximum absolute atomic E-state index is 13.3. The van der Waals surface area contributed by atoms with E-state index < -0.39 is 0 Å². The van der Waals surface area contributed by atoms with Crippen LogP contribution in [0.3, 0.4) is 0 Å². The monoisotopic (exact) mass is 386 g/mol. The third-order valence-corrected chi connectivity index (χ3v) is 4.96. The molecular formula is C20H23ClN4O2. The topological polar surface area (TPSA) is 71.3 Å². The van der Waals surface area contributed by atoms with Gasteiger partial charge in [-0.3, -0.25) is 4.79 Å². The van der Waals surface area contributed by atoms with Crippen molar-refractivity contribution in [2.24, 2.45) is 0 Å². The Labute approximate surface area is 164 Å². The summed E-state index contributed by atoms with van der Waals surface area (Å²) in [5, 5.41) is 8.06. The molecule has 6 nitrogen and oxygen atoms in total. The highest BCUT2D eigenvalue weighted by atomic mass is 35.5. The molecule has 142 valence electrons. The molecule has 27 heavy (non-hydrogen) atoms. The van der Waals surface area contributed by atoms with Crippen molar-refractivity contribution in [3.8, 4) is 11.3 Å². The minimum Gasteiger partial charge on any atom is -0.335 e. The van der Waals surface area contributed by atoms with Crippen LogP contribution >= 0.6 is 12.4 Å². The molecule has 1 N–H and O–H groups in total. The molecule has 2 aromatic heterocycles. The molecule has 0 unspecified atom stereocenters. The van der Waals surface area contributed by atoms with E-state index in [1.54, 1.807) is 0 Å². The molecule has 0 bridgehead atoms. The third kappa shape index (κ3) is 3.55. The van der Waals surface area contributed by atoms with Crippen molar-refractivity contribution >= 4 is 29.4 Å². The highest BCUT2D eigenvalue weighted by molar-refractivity contribution is 6.07. The number of carbonyl (C=O) groups is 1. The number of nitrogens with one attached hydrogen (secondary N) is 1. The smallest absolute Gasteiger partial charge is 0.259 e. The molecule has 1 atom stereocenters. The number of aromatic nitrogens is 2. The number of fused-ring (bicyclic) bond motifs is 1. The van der Waals surface area contributed by atoms with Crippen molar-refractivity contribution < 1.29 is 9.32 Å². The molecule has 4 rings (SSSR count). The van der Waals surface area contributed by atoms with Crippen LogP contribution in [-0.4, -0.2) is 46.6 Å². The molecule has 0 radical (unpaired) electrons. The molecule has 0 aliphatic carbocycles. The Balaban J connectivity index is 0.00000210. The molecule has 1 aliphatic rings. The highest BCUT2D eigenvalue weighted by Gasteiger charge is 2.28. The summed E-state index contributed by atoms with van der Waals surface area (Å²) in [4.78, 5) is 19.8. The molecular weight excluding hydrogens is 364 g/mol. The lowest BCUT2D eigenvalue weighted by Gasteiger charge is -2.34. The molecule has 3 aromatic rings. The Morgan fingerprint density at radius 2 is 2.00 bits per heavy atom. The quantitative estimate of drug-likeness (QED) is 0.731. The molecule has 0 spiro atoms. The second-order valence-corrected chi connectivity index (χ2v) is 6.92. The van der Waals surface area contributed by atoms with Crippen molar-refractivity contribution in [3.05, 3.63) is 47.2 Å². The van der Waals surface area contributed by atoms with E-state index in [9.17, 15) is 4.79 Å². The Morgan fingerprint density at radius 1 is 1.26 bits per heavy atom. The SMILES string of the molecule is Cc1ccc(-c2cc(C(=O)N3CCNC[C@H]3C)c3c(C)noc3n2)cc1.Cl. The van der Waals surface area contributed by atoms with Crippen molar-refractivity contribution in [2.45, 2.75) is 26.8 Å². The lowest BCUT2D eigenvalue weighted by atomic mass is 10.0. The zero-order chi connectivity index (χ0) is 18.3. The van der Waals surface area contributed by atoms with Crippen molar-refractivity contribution in [3.63, 3.8) is 0 Å². The minimum absolute atomic E-state index is 0. The van der Waals surface area contributed by atoms with Gasteiger partial charge >= 0.3 is 0 Å². The zero-order valence-electron chi connectivity index (χ0n) is 15.7. The second-order valence-electron chi connectivity index (χ2n) is 6.92. The molecule has 0 saturated carbocycles. The fourth-order valence-electron chi connectivity index (χ4n) is 3.43. The number of aryl methyl sites for hydroxylation is 2. The summed E-state index contributed by atoms with van der Waals surface area (Å²) in [6.45, 7) is 8.24. The Kier molecular flexibility index (Phi) is 5.48. The predicted molar refractivity (Wildman–Crippen MR) is 107 cm³/mol. The van der Waals surface area contributed by atoms with E-state index in [-0.39, 0.29) is 24.4 Å². The van der Waals surface area contributed by atoms with E-state index in [1.165, 1.54) is 5.56 Å². The Bertz CT molecular complexity index is 968. The number of carbonyl (C=O) groups excluding carboxylic acids is 1. The van der Waals surface area contributed by atoms with Gasteiger partial charge in [-0.05, 0) is 26.8 Å². The van der Waals surface area contributed by atoms with Gasteiger partial charge in [0.15, 0.2) is 0 Å². The van der Waals surface area contributed by atoms with Gasteiger partial charge < -0.3 is 14.7 Å². The predicted octanol–water partition coefficient (Wildman–Crippen LogP) is 3.36. The van der Waals surface area contributed by atoms with E-state index in [2.05, 4.69) is 22.4 Å². The summed E-state index contributed by atoms with van der Waals surface area (Å²) < 4.78 is 5.40. The van der Waals surface area contributed by atoms with Crippen LogP contribution in [0.2, 0.25) is 0 Å². The van der Waals surface area contributed by atoms with Crippen molar-refractivity contribution in [1.29, 1.82) is 0 Å². The molecule has 3 heterocycles. The van der Waals surface area contributed by atoms with Crippen LogP contribution in [0.4, 0.5) is 0 Å². The van der Waals surface area contributed by atoms with Crippen LogP contribution in [0, 0.1) is 13.8 Å². The van der Waals surface area contributed by atoms with Gasteiger partial charge in [0.25, 0.3) is 11.6 Å². The number of halogens is 1. The second kappa shape index (κ2) is 7.66. The number of benzene rings is 1. The van der Waals surface area contributed by atoms with Gasteiger partial charge in [-0.25, -0.2) is 4.98 Å². The third-order valence-electron chi connectivity index (χ3n) is 4.96. The maximum atomic E-state index is 13.3. The Morgan fingerprint density at radius 3 is 2.70 bits per heavy atom. The van der Waals surface area contributed by atoms with Gasteiger partial charge in [0.05, 0.1) is 22.3 Å². The highest BCUT2D eigenvalue weighted by Crippen LogP contribution is 2.28. The number of rotatable bonds is 2. The van der Waals surface area contributed by atoms with Gasteiger partial charge in [-0.15, -0.1) is 12.4 Å². The van der Waals surface area contributed by atoms with Gasteiger partial charge in [-0.1, -0.05) is 35.0 Å². The van der Waals surface area contributed by atoms with E-state index in [1.807, 2.05) is 49.1 Å². The molecule has 1 aliphatic heterocycles. The number of hydrogen-bond donors (Lipinski definition) is 1. The summed E-state index contributed by atoms with van der Waals surface area (Å²) in [6, 6.07) is 10.1. The number of nitrogens with zero attached hydrogens (tertiary/aromatic N) is 3. The van der Waals surface area contributed by atoms with Crippen LogP contribution in [0.5, 0.6) is 0 Å². The number of pyridine rings is 1. The van der Waals surface area contributed by atoms with Crippen LogP contribution < -0.4 is 5.32 Å². The lowest BCUT2D eigenvalue weighted by Crippen LogP contribution is -2.52. The van der Waals surface area contributed by atoms with Crippen LogP contribution in [-0.2, 0) is 0 Å². The number of amides is 1. The fraction of sp³-hybridized carbons (Fsp3) is 0.350. The molecule has 1 saturated heterocycles. The van der Waals surface area contributed by atoms with E-state index in [0.29, 0.717) is 28.9 Å². The molecule has 1 amide bonds. The average Bonchev–Trinajstić information content (AvgIpc) is 3.02. The normalized spacial score (nSPS) is 17.0. The van der Waals surface area contributed by atoms with E-state index >= 15 is 0 Å². The summed E-state index contributed by atoms with van der Waals surface area (Å²) in [5.74, 6) is 0.00561. The molecule has 1 fully saturated rings. The van der Waals surface area contributed by atoms with Crippen LogP contribution in [0.1, 0.15) is 28.5 Å². The lowest BCUT2D eigenvalue weighted by molar-refractivity contribution is 0.0657. The summed E-state index contributed by atoms with van der Waals surface area (Å²) in [6.07, 6.45) is 0. The van der Waals surface area contributed by atoms with Crippen LogP contribution in [0.25, 0.3) is 22.4 Å². The minimum atomic E-state index is 0. The zero-order valence-corrected chi connectivity index (χ0v) is 16.5. The van der Waals surface area contributed by atoms with Crippen molar-refractivity contribution in [2.75, 3.05) is 19.6 Å². The van der Waals surface area contributed by atoms with Gasteiger partial charge in [-0.2, -0.15) is 0 Å². The van der Waals surface area contributed by atoms with Gasteiger partial charge in [0.1, 0.15) is 0 Å². The van der Waals surface area contributed by atoms with E-state index in [0.717, 1.165) is 24.3 Å². The summed E-state index contributed by atoms with van der Waals surface area (Å²) in [7, 11) is 0. The first-order chi connectivity index (χ1) is 12.5. The Hall–Kier alpha value is -2.44. The maximum Gasteiger partial charge on any atom is 0.259 e. The fourth-order valence-corrected chi connectivity index (χ4v) is 3.43. The average molecular weight is 387 g/mol. The largest absolute Gasteiger partial charge is 0.335 e. The first kappa shape index (κ1) is 19.3. The summed E-state index contributed by atoms with van der Waals surface area (Å²) >= 11 is 0. The molecule has 1 aromatic carbocycles. The standard InChI is InChI=1S/C20H22N4O2.ClH/c1-12-4-6-15(7-5-12)17-10-16(18-14(3)23-26-19(18)22-17)20(25)24-9-8-21-11-13(24)2;/h4-7,10,13,21H,8-9,11H2,1-3H3;1H/t13-;/m1./s1. The first-order valence-corrected chi connectivity index (χ1v) is 8.90. The first-order valence-electron chi connectivity index (χ1n) is 8.90. The summed E-state index contributed by atoms with van der Waals surface area (Å²) in [5.41, 5.74) is 4.56.